The molecule has 1 rings (SSSR count). The summed E-state index contributed by atoms with van der Waals surface area (Å²) in [5, 5.41) is 13.4. The van der Waals surface area contributed by atoms with Crippen LogP contribution in [-0.2, 0) is 11.3 Å². The summed E-state index contributed by atoms with van der Waals surface area (Å²) in [7, 11) is 0. The predicted molar refractivity (Wildman–Crippen MR) is 104 cm³/mol. The van der Waals surface area contributed by atoms with Crippen LogP contribution >= 0.6 is 24.0 Å². The summed E-state index contributed by atoms with van der Waals surface area (Å²) in [6.45, 7) is 12.1. The van der Waals surface area contributed by atoms with Crippen molar-refractivity contribution in [1.82, 2.24) is 25.7 Å². The van der Waals surface area contributed by atoms with Crippen molar-refractivity contribution >= 4 is 35.8 Å². The van der Waals surface area contributed by atoms with Crippen molar-refractivity contribution in [2.75, 3.05) is 19.6 Å². The van der Waals surface area contributed by atoms with Gasteiger partial charge in [-0.25, -0.2) is 4.99 Å². The van der Waals surface area contributed by atoms with Gasteiger partial charge < -0.3 is 16.0 Å². The first-order valence-corrected chi connectivity index (χ1v) is 7.62. The zero-order chi connectivity index (χ0) is 16.6. The summed E-state index contributed by atoms with van der Waals surface area (Å²) >= 11 is 0. The SMILES string of the molecule is CCNC(=NCC(=O)NC(C)(C)C)NCCn1cc(C)cn1.I. The van der Waals surface area contributed by atoms with Crippen molar-refractivity contribution in [2.45, 2.75) is 46.7 Å². The van der Waals surface area contributed by atoms with Crippen LogP contribution in [0.5, 0.6) is 0 Å². The smallest absolute Gasteiger partial charge is 0.242 e. The minimum absolute atomic E-state index is 0. The van der Waals surface area contributed by atoms with Gasteiger partial charge in [0.05, 0.1) is 12.7 Å². The standard InChI is InChI=1S/C15H28N6O.HI/c1-6-16-14(18-10-13(22)20-15(3,4)5)17-7-8-21-11-12(2)9-19-21;/h9,11H,6-8,10H2,1-5H3,(H,20,22)(H2,16,17,18);1H. The van der Waals surface area contributed by atoms with Gasteiger partial charge in [-0.1, -0.05) is 0 Å². The molecule has 0 aliphatic rings. The Balaban J connectivity index is 0.00000484. The van der Waals surface area contributed by atoms with E-state index in [0.717, 1.165) is 18.7 Å². The van der Waals surface area contributed by atoms with Crippen molar-refractivity contribution < 1.29 is 4.79 Å². The lowest BCUT2D eigenvalue weighted by Crippen LogP contribution is -2.43. The molecule has 3 N–H and O–H groups in total. The minimum Gasteiger partial charge on any atom is -0.357 e. The van der Waals surface area contributed by atoms with Crippen LogP contribution in [0.25, 0.3) is 0 Å². The number of aliphatic imine (C=N–C) groups is 1. The zero-order valence-electron chi connectivity index (χ0n) is 14.6. The van der Waals surface area contributed by atoms with Crippen LogP contribution in [0.2, 0.25) is 0 Å². The highest BCUT2D eigenvalue weighted by Gasteiger charge is 2.13. The second-order valence-electron chi connectivity index (χ2n) is 6.20. The van der Waals surface area contributed by atoms with Gasteiger partial charge in [0, 0.05) is 24.8 Å². The first-order valence-electron chi connectivity index (χ1n) is 7.62. The molecule has 0 spiro atoms. The molecule has 0 radical (unpaired) electrons. The van der Waals surface area contributed by atoms with E-state index < -0.39 is 0 Å². The highest BCUT2D eigenvalue weighted by Crippen LogP contribution is 1.97. The van der Waals surface area contributed by atoms with Crippen LogP contribution in [0.3, 0.4) is 0 Å². The number of halogens is 1. The predicted octanol–water partition coefficient (Wildman–Crippen LogP) is 1.28. The Hall–Kier alpha value is -1.32. The van der Waals surface area contributed by atoms with Gasteiger partial charge in [0.15, 0.2) is 5.96 Å². The lowest BCUT2D eigenvalue weighted by molar-refractivity contribution is -0.121. The Morgan fingerprint density at radius 1 is 1.35 bits per heavy atom. The average Bonchev–Trinajstić information content (AvgIpc) is 2.80. The second kappa shape index (κ2) is 10.5. The summed E-state index contributed by atoms with van der Waals surface area (Å²) in [5.41, 5.74) is 0.899. The first kappa shape index (κ1) is 21.7. The van der Waals surface area contributed by atoms with Gasteiger partial charge in [-0.05, 0) is 40.2 Å². The van der Waals surface area contributed by atoms with Gasteiger partial charge in [-0.15, -0.1) is 24.0 Å². The van der Waals surface area contributed by atoms with Crippen molar-refractivity contribution in [2.24, 2.45) is 4.99 Å². The van der Waals surface area contributed by atoms with E-state index in [1.54, 1.807) is 0 Å². The van der Waals surface area contributed by atoms with Gasteiger partial charge in [0.25, 0.3) is 0 Å². The topological polar surface area (TPSA) is 83.3 Å². The molecule has 0 fully saturated rings. The van der Waals surface area contributed by atoms with Crippen LogP contribution in [0.1, 0.15) is 33.3 Å². The Kier molecular flexibility index (Phi) is 9.85. The molecule has 0 aliphatic heterocycles. The number of rotatable bonds is 6. The van der Waals surface area contributed by atoms with E-state index in [1.807, 2.05) is 51.7 Å². The molecule has 0 aromatic carbocycles. The van der Waals surface area contributed by atoms with Crippen LogP contribution in [-0.4, -0.2) is 46.8 Å². The minimum atomic E-state index is -0.240. The highest BCUT2D eigenvalue weighted by atomic mass is 127. The largest absolute Gasteiger partial charge is 0.357 e. The maximum atomic E-state index is 11.8. The molecular weight excluding hydrogens is 407 g/mol. The zero-order valence-corrected chi connectivity index (χ0v) is 17.0. The van der Waals surface area contributed by atoms with Crippen LogP contribution in [0.4, 0.5) is 0 Å². The number of carbonyl (C=O) groups is 1. The summed E-state index contributed by atoms with van der Waals surface area (Å²) in [4.78, 5) is 16.1. The van der Waals surface area contributed by atoms with E-state index in [9.17, 15) is 4.79 Å². The van der Waals surface area contributed by atoms with E-state index >= 15 is 0 Å². The number of amides is 1. The molecule has 0 bridgehead atoms. The number of aryl methyl sites for hydroxylation is 1. The average molecular weight is 436 g/mol. The van der Waals surface area contributed by atoms with Crippen molar-refractivity contribution in [3.05, 3.63) is 18.0 Å². The quantitative estimate of drug-likeness (QED) is 0.357. The third-order valence-electron chi connectivity index (χ3n) is 2.64. The van der Waals surface area contributed by atoms with E-state index in [0.29, 0.717) is 12.5 Å². The van der Waals surface area contributed by atoms with E-state index in [2.05, 4.69) is 26.0 Å². The Bertz CT molecular complexity index is 506. The number of hydrogen-bond acceptors (Lipinski definition) is 3. The van der Waals surface area contributed by atoms with E-state index in [-0.39, 0.29) is 42.0 Å². The number of nitrogens with one attached hydrogen (secondary N) is 3. The Labute approximate surface area is 155 Å². The molecule has 0 saturated carbocycles. The van der Waals surface area contributed by atoms with Crippen LogP contribution in [0, 0.1) is 6.92 Å². The summed E-state index contributed by atoms with van der Waals surface area (Å²) in [5.74, 6) is 0.544. The van der Waals surface area contributed by atoms with Crippen LogP contribution in [0.15, 0.2) is 17.4 Å². The number of aromatic nitrogens is 2. The fourth-order valence-electron chi connectivity index (χ4n) is 1.83. The monoisotopic (exact) mass is 436 g/mol. The lowest BCUT2D eigenvalue weighted by Gasteiger charge is -2.20. The Morgan fingerprint density at radius 3 is 2.57 bits per heavy atom. The molecule has 1 amide bonds. The van der Waals surface area contributed by atoms with Crippen LogP contribution < -0.4 is 16.0 Å². The molecule has 8 heteroatoms. The molecule has 132 valence electrons. The number of carbonyl (C=O) groups excluding carboxylic acids is 1. The molecule has 0 unspecified atom stereocenters. The molecule has 1 aromatic heterocycles. The van der Waals surface area contributed by atoms with E-state index in [4.69, 9.17) is 0 Å². The molecule has 0 saturated heterocycles. The Morgan fingerprint density at radius 2 is 2.04 bits per heavy atom. The summed E-state index contributed by atoms with van der Waals surface area (Å²) in [6.07, 6.45) is 3.82. The molecule has 0 aliphatic carbocycles. The highest BCUT2D eigenvalue weighted by molar-refractivity contribution is 14.0. The van der Waals surface area contributed by atoms with Gasteiger partial charge in [-0.2, -0.15) is 5.10 Å². The maximum absolute atomic E-state index is 11.8. The van der Waals surface area contributed by atoms with Gasteiger partial charge >= 0.3 is 0 Å². The van der Waals surface area contributed by atoms with Crippen molar-refractivity contribution in [3.8, 4) is 0 Å². The second-order valence-corrected chi connectivity index (χ2v) is 6.20. The van der Waals surface area contributed by atoms with Gasteiger partial charge in [0.2, 0.25) is 5.91 Å². The molecular formula is C15H29IN6O. The van der Waals surface area contributed by atoms with Gasteiger partial charge in [0.1, 0.15) is 6.54 Å². The van der Waals surface area contributed by atoms with E-state index in [1.165, 1.54) is 0 Å². The molecule has 0 atom stereocenters. The fourth-order valence-corrected chi connectivity index (χ4v) is 1.83. The fraction of sp³-hybridized carbons (Fsp3) is 0.667. The first-order chi connectivity index (χ1) is 10.3. The third kappa shape index (κ3) is 10.1. The van der Waals surface area contributed by atoms with Gasteiger partial charge in [-0.3, -0.25) is 9.48 Å². The number of hydrogen-bond donors (Lipinski definition) is 3. The lowest BCUT2D eigenvalue weighted by atomic mass is 10.1. The molecule has 1 aromatic rings. The van der Waals surface area contributed by atoms with Crippen molar-refractivity contribution in [3.63, 3.8) is 0 Å². The number of nitrogens with zero attached hydrogens (tertiary/aromatic N) is 3. The number of guanidine groups is 1. The summed E-state index contributed by atoms with van der Waals surface area (Å²) in [6, 6.07) is 0. The molecule has 23 heavy (non-hydrogen) atoms. The molecule has 1 heterocycles. The third-order valence-corrected chi connectivity index (χ3v) is 2.64. The maximum Gasteiger partial charge on any atom is 0.242 e. The molecule has 7 nitrogen and oxygen atoms in total. The normalized spacial score (nSPS) is 11.6. The summed E-state index contributed by atoms with van der Waals surface area (Å²) < 4.78 is 1.87. The van der Waals surface area contributed by atoms with Crippen molar-refractivity contribution in [1.29, 1.82) is 0 Å².